The minimum absolute atomic E-state index is 0.0652. The van der Waals surface area contributed by atoms with Gasteiger partial charge in [0.15, 0.2) is 0 Å². The van der Waals surface area contributed by atoms with E-state index in [0.717, 1.165) is 13.0 Å². The number of nitrogens with one attached hydrogen (secondary N) is 1. The zero-order valence-corrected chi connectivity index (χ0v) is 10.9. The van der Waals surface area contributed by atoms with Gasteiger partial charge in [0.1, 0.15) is 0 Å². The summed E-state index contributed by atoms with van der Waals surface area (Å²) >= 11 is 0. The third-order valence-corrected chi connectivity index (χ3v) is 3.24. The van der Waals surface area contributed by atoms with Crippen LogP contribution in [-0.4, -0.2) is 29.8 Å². The molecule has 0 spiro atoms. The lowest BCUT2D eigenvalue weighted by Crippen LogP contribution is -2.26. The maximum Gasteiger partial charge on any atom is 0.224 e. The molecule has 1 aliphatic rings. The summed E-state index contributed by atoms with van der Waals surface area (Å²) < 4.78 is 0. The molecule has 1 heterocycles. The molecule has 0 bridgehead atoms. The quantitative estimate of drug-likeness (QED) is 0.791. The van der Waals surface area contributed by atoms with Crippen LogP contribution in [0.15, 0.2) is 24.3 Å². The van der Waals surface area contributed by atoms with E-state index in [9.17, 15) is 9.59 Å². The van der Waals surface area contributed by atoms with Crippen molar-refractivity contribution in [2.75, 3.05) is 24.1 Å². The van der Waals surface area contributed by atoms with Gasteiger partial charge in [0, 0.05) is 25.9 Å². The average molecular weight is 261 g/mol. The van der Waals surface area contributed by atoms with Crippen LogP contribution in [0.1, 0.15) is 25.7 Å². The van der Waals surface area contributed by atoms with Gasteiger partial charge in [-0.3, -0.25) is 9.59 Å². The number of benzene rings is 1. The molecule has 1 saturated heterocycles. The number of hydrogen-bond acceptors (Lipinski definition) is 3. The Bertz CT molecular complexity index is 474. The Kier molecular flexibility index (Phi) is 4.39. The number of nitrogen functional groups attached to an aromatic ring is 1. The molecule has 1 fully saturated rings. The molecule has 3 N–H and O–H groups in total. The fourth-order valence-electron chi connectivity index (χ4n) is 2.19. The van der Waals surface area contributed by atoms with Gasteiger partial charge in [-0.1, -0.05) is 12.1 Å². The van der Waals surface area contributed by atoms with Crippen LogP contribution in [0.25, 0.3) is 0 Å². The molecule has 102 valence electrons. The summed E-state index contributed by atoms with van der Waals surface area (Å²) in [7, 11) is 0. The van der Waals surface area contributed by atoms with Gasteiger partial charge in [-0.05, 0) is 25.0 Å². The van der Waals surface area contributed by atoms with E-state index in [1.54, 1.807) is 12.1 Å². The smallest absolute Gasteiger partial charge is 0.224 e. The van der Waals surface area contributed by atoms with Gasteiger partial charge in [0.2, 0.25) is 11.8 Å². The maximum atomic E-state index is 11.7. The first-order chi connectivity index (χ1) is 9.16. The minimum Gasteiger partial charge on any atom is -0.397 e. The second-order valence-corrected chi connectivity index (χ2v) is 4.72. The van der Waals surface area contributed by atoms with Crippen molar-refractivity contribution in [3.05, 3.63) is 24.3 Å². The van der Waals surface area contributed by atoms with Gasteiger partial charge >= 0.3 is 0 Å². The molecule has 0 atom stereocenters. The zero-order valence-electron chi connectivity index (χ0n) is 10.9. The molecule has 0 aliphatic carbocycles. The number of rotatable bonds is 5. The molecule has 5 nitrogen and oxygen atoms in total. The van der Waals surface area contributed by atoms with Crippen molar-refractivity contribution in [1.29, 1.82) is 0 Å². The number of hydrogen-bond donors (Lipinski definition) is 2. The van der Waals surface area contributed by atoms with Crippen molar-refractivity contribution < 1.29 is 9.59 Å². The highest BCUT2D eigenvalue weighted by molar-refractivity contribution is 5.93. The van der Waals surface area contributed by atoms with E-state index in [1.165, 1.54) is 0 Å². The number of amides is 2. The van der Waals surface area contributed by atoms with Crippen LogP contribution in [-0.2, 0) is 9.59 Å². The van der Waals surface area contributed by atoms with Crippen LogP contribution in [0.3, 0.4) is 0 Å². The lowest BCUT2D eigenvalue weighted by molar-refractivity contribution is -0.128. The fraction of sp³-hybridized carbons (Fsp3) is 0.429. The van der Waals surface area contributed by atoms with Crippen LogP contribution >= 0.6 is 0 Å². The monoisotopic (exact) mass is 261 g/mol. The summed E-state index contributed by atoms with van der Waals surface area (Å²) in [4.78, 5) is 25.0. The van der Waals surface area contributed by atoms with Gasteiger partial charge < -0.3 is 16.0 Å². The lowest BCUT2D eigenvalue weighted by Gasteiger charge is -2.15. The van der Waals surface area contributed by atoms with E-state index >= 15 is 0 Å². The van der Waals surface area contributed by atoms with E-state index in [2.05, 4.69) is 5.32 Å². The highest BCUT2D eigenvalue weighted by Gasteiger charge is 2.19. The molecule has 2 rings (SSSR count). The summed E-state index contributed by atoms with van der Waals surface area (Å²) in [5.74, 6) is 0.136. The van der Waals surface area contributed by atoms with Crippen LogP contribution in [0.2, 0.25) is 0 Å². The van der Waals surface area contributed by atoms with E-state index < -0.39 is 0 Å². The van der Waals surface area contributed by atoms with Gasteiger partial charge in [-0.2, -0.15) is 0 Å². The van der Waals surface area contributed by atoms with Crippen molar-refractivity contribution in [3.63, 3.8) is 0 Å². The highest BCUT2D eigenvalue weighted by Crippen LogP contribution is 2.17. The van der Waals surface area contributed by atoms with E-state index in [1.807, 2.05) is 17.0 Å². The van der Waals surface area contributed by atoms with E-state index in [4.69, 9.17) is 5.73 Å². The Balaban J connectivity index is 1.73. The molecular weight excluding hydrogens is 242 g/mol. The largest absolute Gasteiger partial charge is 0.397 e. The van der Waals surface area contributed by atoms with Gasteiger partial charge in [-0.15, -0.1) is 0 Å². The molecule has 0 radical (unpaired) electrons. The van der Waals surface area contributed by atoms with Gasteiger partial charge in [0.25, 0.3) is 0 Å². The Morgan fingerprint density at radius 2 is 2.16 bits per heavy atom. The summed E-state index contributed by atoms with van der Waals surface area (Å²) in [5.41, 5.74) is 6.95. The van der Waals surface area contributed by atoms with Crippen molar-refractivity contribution in [1.82, 2.24) is 4.90 Å². The maximum absolute atomic E-state index is 11.7. The Hall–Kier alpha value is -2.04. The average Bonchev–Trinajstić information content (AvgIpc) is 2.78. The number of nitrogens with two attached hydrogens (primary N) is 1. The molecule has 0 aromatic heterocycles. The third kappa shape index (κ3) is 3.71. The molecule has 5 heteroatoms. The van der Waals surface area contributed by atoms with E-state index in [0.29, 0.717) is 37.2 Å². The van der Waals surface area contributed by atoms with Crippen LogP contribution < -0.4 is 11.1 Å². The lowest BCUT2D eigenvalue weighted by atomic mass is 10.2. The number of anilines is 2. The predicted molar refractivity (Wildman–Crippen MR) is 74.5 cm³/mol. The first-order valence-corrected chi connectivity index (χ1v) is 6.59. The van der Waals surface area contributed by atoms with Crippen molar-refractivity contribution in [3.8, 4) is 0 Å². The first kappa shape index (κ1) is 13.4. The molecule has 19 heavy (non-hydrogen) atoms. The van der Waals surface area contributed by atoms with Crippen molar-refractivity contribution in [2.45, 2.75) is 25.7 Å². The minimum atomic E-state index is -0.0652. The molecule has 1 aromatic rings. The number of nitrogens with zero attached hydrogens (tertiary/aromatic N) is 1. The standard InChI is InChI=1S/C14H19N3O2/c15-11-5-1-2-6-12(11)16-13(18)7-3-9-17-10-4-8-14(17)19/h1-2,5-6H,3-4,7-10,15H2,(H,16,18). The fourth-order valence-corrected chi connectivity index (χ4v) is 2.19. The topological polar surface area (TPSA) is 75.4 Å². The Morgan fingerprint density at radius 1 is 1.37 bits per heavy atom. The van der Waals surface area contributed by atoms with Crippen LogP contribution in [0, 0.1) is 0 Å². The SMILES string of the molecule is Nc1ccccc1NC(=O)CCCN1CCCC1=O. The zero-order chi connectivity index (χ0) is 13.7. The molecule has 2 amide bonds. The van der Waals surface area contributed by atoms with Crippen LogP contribution in [0.5, 0.6) is 0 Å². The van der Waals surface area contributed by atoms with Crippen molar-refractivity contribution in [2.24, 2.45) is 0 Å². The summed E-state index contributed by atoms with van der Waals surface area (Å²) in [5, 5.41) is 2.78. The first-order valence-electron chi connectivity index (χ1n) is 6.59. The second-order valence-electron chi connectivity index (χ2n) is 4.72. The molecule has 1 aromatic carbocycles. The normalized spacial score (nSPS) is 14.7. The van der Waals surface area contributed by atoms with Crippen molar-refractivity contribution >= 4 is 23.2 Å². The highest BCUT2D eigenvalue weighted by atomic mass is 16.2. The van der Waals surface area contributed by atoms with Gasteiger partial charge in [0.05, 0.1) is 11.4 Å². The summed E-state index contributed by atoms with van der Waals surface area (Å²) in [6.45, 7) is 1.49. The number of para-hydroxylation sites is 2. The molecule has 1 aliphatic heterocycles. The van der Waals surface area contributed by atoms with E-state index in [-0.39, 0.29) is 11.8 Å². The Morgan fingerprint density at radius 3 is 2.84 bits per heavy atom. The number of likely N-dealkylation sites (tertiary alicyclic amines) is 1. The molecular formula is C14H19N3O2. The Labute approximate surface area is 112 Å². The summed E-state index contributed by atoms with van der Waals surface area (Å²) in [6.07, 6.45) is 2.67. The van der Waals surface area contributed by atoms with Gasteiger partial charge in [-0.25, -0.2) is 0 Å². The second kappa shape index (κ2) is 6.22. The predicted octanol–water partition coefficient (Wildman–Crippen LogP) is 1.61. The third-order valence-electron chi connectivity index (χ3n) is 3.24. The molecule has 0 saturated carbocycles. The van der Waals surface area contributed by atoms with Crippen LogP contribution in [0.4, 0.5) is 11.4 Å². The molecule has 0 unspecified atom stereocenters. The summed E-state index contributed by atoms with van der Waals surface area (Å²) in [6, 6.07) is 7.18. The number of carbonyl (C=O) groups is 2. The number of carbonyl (C=O) groups excluding carboxylic acids is 2.